The number of nitrogens with zero attached hydrogens (tertiary/aromatic N) is 1. The normalized spacial score (nSPS) is 19.5. The molecule has 34 heavy (non-hydrogen) atoms. The number of hydrogen-bond acceptors (Lipinski definition) is 3. The summed E-state index contributed by atoms with van der Waals surface area (Å²) < 4.78 is 18.5. The molecule has 2 heterocycles. The molecule has 2 N–H and O–H groups in total. The summed E-state index contributed by atoms with van der Waals surface area (Å²) in [5.41, 5.74) is 3.29. The number of nitrogens with one attached hydrogen (secondary N) is 2. The predicted molar refractivity (Wildman–Crippen MR) is 133 cm³/mol. The lowest BCUT2D eigenvalue weighted by molar-refractivity contribution is 0.109. The first-order valence-electron chi connectivity index (χ1n) is 11.9. The largest absolute Gasteiger partial charge is 0.472 e. The van der Waals surface area contributed by atoms with Gasteiger partial charge in [0.1, 0.15) is 5.82 Å². The Labute approximate surface area is 204 Å². The van der Waals surface area contributed by atoms with Gasteiger partial charge in [0.05, 0.1) is 23.8 Å². The van der Waals surface area contributed by atoms with E-state index < -0.39 is 0 Å². The molecule has 1 aliphatic heterocycles. The van der Waals surface area contributed by atoms with Gasteiger partial charge in [0, 0.05) is 28.7 Å². The van der Waals surface area contributed by atoms with Gasteiger partial charge in [-0.1, -0.05) is 23.7 Å². The van der Waals surface area contributed by atoms with E-state index in [-0.39, 0.29) is 17.4 Å². The number of hydrogen-bond donors (Lipinski definition) is 2. The van der Waals surface area contributed by atoms with Crippen LogP contribution in [0.5, 0.6) is 0 Å². The monoisotopic (exact) mass is 481 g/mol. The number of amides is 2. The van der Waals surface area contributed by atoms with Crippen LogP contribution in [0.2, 0.25) is 5.02 Å². The van der Waals surface area contributed by atoms with Crippen molar-refractivity contribution in [2.24, 2.45) is 0 Å². The Balaban J connectivity index is 1.25. The Morgan fingerprint density at radius 3 is 2.68 bits per heavy atom. The van der Waals surface area contributed by atoms with Crippen LogP contribution >= 0.6 is 11.6 Å². The van der Waals surface area contributed by atoms with Gasteiger partial charge in [0.2, 0.25) is 0 Å². The molecule has 1 atom stereocenters. The first-order valence-corrected chi connectivity index (χ1v) is 12.3. The highest BCUT2D eigenvalue weighted by Gasteiger charge is 2.42. The molecule has 2 aromatic carbocycles. The Bertz CT molecular complexity index is 1130. The zero-order chi connectivity index (χ0) is 23.5. The Hall–Kier alpha value is -2.83. The minimum Gasteiger partial charge on any atom is -0.472 e. The van der Waals surface area contributed by atoms with Gasteiger partial charge >= 0.3 is 6.03 Å². The summed E-state index contributed by atoms with van der Waals surface area (Å²) in [6, 6.07) is 14.3. The maximum atomic E-state index is 13.3. The van der Waals surface area contributed by atoms with E-state index in [1.807, 2.05) is 30.3 Å². The molecular weight excluding hydrogens is 453 g/mol. The number of anilines is 1. The van der Waals surface area contributed by atoms with Crippen LogP contribution in [0.4, 0.5) is 14.9 Å². The number of halogens is 2. The van der Waals surface area contributed by atoms with E-state index in [1.165, 1.54) is 12.1 Å². The fourth-order valence-corrected chi connectivity index (χ4v) is 5.39. The van der Waals surface area contributed by atoms with E-state index in [0.717, 1.165) is 68.3 Å². The molecule has 1 aromatic heterocycles. The molecule has 7 heteroatoms. The number of benzene rings is 2. The molecule has 2 fully saturated rings. The summed E-state index contributed by atoms with van der Waals surface area (Å²) in [6.07, 6.45) is 9.45. The van der Waals surface area contributed by atoms with E-state index in [0.29, 0.717) is 16.8 Å². The lowest BCUT2D eigenvalue weighted by atomic mass is 9.76. The zero-order valence-electron chi connectivity index (χ0n) is 19.0. The van der Waals surface area contributed by atoms with Gasteiger partial charge in [0.15, 0.2) is 0 Å². The SMILES string of the molecule is O=C(Nc1ccc(Cl)cc1-c1ccoc1)NC1(CN2CCCC2Cc2ccc(F)cc2)CCC1. The van der Waals surface area contributed by atoms with Gasteiger partial charge in [-0.25, -0.2) is 9.18 Å². The molecule has 1 saturated carbocycles. The maximum absolute atomic E-state index is 13.3. The van der Waals surface area contributed by atoms with E-state index >= 15 is 0 Å². The van der Waals surface area contributed by atoms with Crippen molar-refractivity contribution in [3.63, 3.8) is 0 Å². The molecule has 1 saturated heterocycles. The highest BCUT2D eigenvalue weighted by molar-refractivity contribution is 6.31. The molecule has 1 aliphatic carbocycles. The topological polar surface area (TPSA) is 57.5 Å². The quantitative estimate of drug-likeness (QED) is 0.405. The highest BCUT2D eigenvalue weighted by atomic mass is 35.5. The van der Waals surface area contributed by atoms with Gasteiger partial charge in [-0.3, -0.25) is 4.90 Å². The molecule has 0 radical (unpaired) electrons. The lowest BCUT2D eigenvalue weighted by Gasteiger charge is -2.46. The summed E-state index contributed by atoms with van der Waals surface area (Å²) in [5, 5.41) is 6.91. The van der Waals surface area contributed by atoms with Crippen LogP contribution in [0.1, 0.15) is 37.7 Å². The second-order valence-electron chi connectivity index (χ2n) is 9.51. The van der Waals surface area contributed by atoms with Gasteiger partial charge in [-0.05, 0) is 87.0 Å². The fraction of sp³-hybridized carbons (Fsp3) is 0.370. The maximum Gasteiger partial charge on any atom is 0.319 e. The van der Waals surface area contributed by atoms with E-state index in [2.05, 4.69) is 15.5 Å². The van der Waals surface area contributed by atoms with Gasteiger partial charge in [-0.2, -0.15) is 0 Å². The standard InChI is InChI=1S/C27H29ClFN3O2/c28-21-6-9-25(24(16-21)20-10-14-34-17-20)30-26(33)31-27(11-2-12-27)18-32-13-1-3-23(32)15-19-4-7-22(29)8-5-19/h4-10,14,16-17,23H,1-3,11-13,15,18H2,(H2,30,31,33). The van der Waals surface area contributed by atoms with Crippen LogP contribution < -0.4 is 10.6 Å². The third kappa shape index (κ3) is 5.13. The minimum absolute atomic E-state index is 0.202. The van der Waals surface area contributed by atoms with Crippen LogP contribution in [0.15, 0.2) is 65.5 Å². The number of furan rings is 1. The van der Waals surface area contributed by atoms with Crippen molar-refractivity contribution in [1.29, 1.82) is 0 Å². The molecule has 1 unspecified atom stereocenters. The van der Waals surface area contributed by atoms with Gasteiger partial charge in [-0.15, -0.1) is 0 Å². The molecule has 5 nitrogen and oxygen atoms in total. The van der Waals surface area contributed by atoms with Crippen LogP contribution in [-0.2, 0) is 6.42 Å². The highest BCUT2D eigenvalue weighted by Crippen LogP contribution is 2.36. The zero-order valence-corrected chi connectivity index (χ0v) is 19.8. The van der Waals surface area contributed by atoms with Crippen LogP contribution in [0.25, 0.3) is 11.1 Å². The third-order valence-electron chi connectivity index (χ3n) is 7.14. The summed E-state index contributed by atoms with van der Waals surface area (Å²) >= 11 is 6.20. The molecule has 0 spiro atoms. The minimum atomic E-state index is -0.225. The Morgan fingerprint density at radius 2 is 1.97 bits per heavy atom. The van der Waals surface area contributed by atoms with Gasteiger partial charge in [0.25, 0.3) is 0 Å². The number of rotatable bonds is 7. The number of carbonyl (C=O) groups is 1. The lowest BCUT2D eigenvalue weighted by Crippen LogP contribution is -2.61. The molecule has 3 aromatic rings. The van der Waals surface area contributed by atoms with Crippen molar-refractivity contribution >= 4 is 23.3 Å². The molecule has 2 amide bonds. The van der Waals surface area contributed by atoms with Crippen molar-refractivity contribution in [2.45, 2.75) is 50.1 Å². The van der Waals surface area contributed by atoms with Crippen molar-refractivity contribution in [1.82, 2.24) is 10.2 Å². The molecule has 2 aliphatic rings. The van der Waals surface area contributed by atoms with Crippen LogP contribution in [0, 0.1) is 5.82 Å². The predicted octanol–water partition coefficient (Wildman–Crippen LogP) is 6.49. The smallest absolute Gasteiger partial charge is 0.319 e. The molecule has 0 bridgehead atoms. The van der Waals surface area contributed by atoms with Crippen LogP contribution in [-0.4, -0.2) is 35.6 Å². The second-order valence-corrected chi connectivity index (χ2v) is 9.95. The van der Waals surface area contributed by atoms with E-state index in [4.69, 9.17) is 16.0 Å². The third-order valence-corrected chi connectivity index (χ3v) is 7.38. The molecule has 5 rings (SSSR count). The van der Waals surface area contributed by atoms with Crippen molar-refractivity contribution in [3.8, 4) is 11.1 Å². The summed E-state index contributed by atoms with van der Waals surface area (Å²) in [6.45, 7) is 1.86. The van der Waals surface area contributed by atoms with Crippen molar-refractivity contribution in [2.75, 3.05) is 18.4 Å². The van der Waals surface area contributed by atoms with Gasteiger partial charge < -0.3 is 15.1 Å². The Morgan fingerprint density at radius 1 is 1.15 bits per heavy atom. The second kappa shape index (κ2) is 9.80. The summed E-state index contributed by atoms with van der Waals surface area (Å²) in [4.78, 5) is 15.6. The van der Waals surface area contributed by atoms with Crippen molar-refractivity contribution < 1.29 is 13.6 Å². The summed E-state index contributed by atoms with van der Waals surface area (Å²) in [7, 11) is 0. The van der Waals surface area contributed by atoms with E-state index in [1.54, 1.807) is 18.6 Å². The molecular formula is C27H29ClFN3O2. The molecule has 178 valence electrons. The van der Waals surface area contributed by atoms with Crippen molar-refractivity contribution in [3.05, 3.63) is 77.5 Å². The first kappa shape index (κ1) is 22.9. The Kier molecular flexibility index (Phi) is 6.61. The van der Waals surface area contributed by atoms with E-state index in [9.17, 15) is 9.18 Å². The summed E-state index contributed by atoms with van der Waals surface area (Å²) in [5.74, 6) is -0.202. The number of carbonyl (C=O) groups excluding carboxylic acids is 1. The number of urea groups is 1. The average molecular weight is 482 g/mol. The number of likely N-dealkylation sites (tertiary alicyclic amines) is 1. The average Bonchev–Trinajstić information content (AvgIpc) is 3.47. The first-order chi connectivity index (χ1) is 16.5. The fourth-order valence-electron chi connectivity index (χ4n) is 5.22. The van der Waals surface area contributed by atoms with Crippen LogP contribution in [0.3, 0.4) is 0 Å².